The standard InChI is InChI=1S/C18H18FN3O4S/c1-2-3-10-26-16-7-5-4-6-13(16)17(23)21-18(27)20-15-11-12(22(24)25)8-9-14(15)19/h4-9,11H,2-3,10H2,1H3,(H2,20,21,23,27). The number of thiocarbonyl (C=S) groups is 1. The summed E-state index contributed by atoms with van der Waals surface area (Å²) in [6, 6.07) is 9.64. The number of rotatable bonds is 7. The third-order valence-corrected chi connectivity index (χ3v) is 3.73. The highest BCUT2D eigenvalue weighted by Gasteiger charge is 2.16. The third kappa shape index (κ3) is 5.71. The SMILES string of the molecule is CCCCOc1ccccc1C(=O)NC(=S)Nc1cc([N+](=O)[O-])ccc1F. The van der Waals surface area contributed by atoms with E-state index < -0.39 is 16.6 Å². The van der Waals surface area contributed by atoms with Crippen molar-refractivity contribution in [2.75, 3.05) is 11.9 Å². The fraction of sp³-hybridized carbons (Fsp3) is 0.222. The summed E-state index contributed by atoms with van der Waals surface area (Å²) in [7, 11) is 0. The predicted octanol–water partition coefficient (Wildman–Crippen LogP) is 4.04. The summed E-state index contributed by atoms with van der Waals surface area (Å²) in [5, 5.41) is 15.5. The number of para-hydroxylation sites is 1. The summed E-state index contributed by atoms with van der Waals surface area (Å²) >= 11 is 5.01. The van der Waals surface area contributed by atoms with Gasteiger partial charge in [0.05, 0.1) is 22.8 Å². The molecule has 0 saturated heterocycles. The fourth-order valence-corrected chi connectivity index (χ4v) is 2.36. The lowest BCUT2D eigenvalue weighted by atomic mass is 10.2. The van der Waals surface area contributed by atoms with E-state index in [0.29, 0.717) is 12.4 Å². The zero-order valence-corrected chi connectivity index (χ0v) is 15.3. The molecule has 2 rings (SSSR count). The molecule has 0 fully saturated rings. The molecule has 0 bridgehead atoms. The van der Waals surface area contributed by atoms with Gasteiger partial charge in [0.2, 0.25) is 0 Å². The number of carbonyl (C=O) groups excluding carboxylic acids is 1. The van der Waals surface area contributed by atoms with Crippen LogP contribution in [-0.2, 0) is 0 Å². The van der Waals surface area contributed by atoms with Gasteiger partial charge in [0.1, 0.15) is 11.6 Å². The highest BCUT2D eigenvalue weighted by atomic mass is 32.1. The topological polar surface area (TPSA) is 93.5 Å². The quantitative estimate of drug-likeness (QED) is 0.320. The van der Waals surface area contributed by atoms with Crippen LogP contribution in [0.3, 0.4) is 0 Å². The molecule has 9 heteroatoms. The molecule has 0 atom stereocenters. The Balaban J connectivity index is 2.07. The molecule has 0 spiro atoms. The number of benzene rings is 2. The van der Waals surface area contributed by atoms with Crippen molar-refractivity contribution in [2.45, 2.75) is 19.8 Å². The zero-order valence-electron chi connectivity index (χ0n) is 14.5. The number of nitrogens with one attached hydrogen (secondary N) is 2. The minimum Gasteiger partial charge on any atom is -0.493 e. The van der Waals surface area contributed by atoms with Crippen LogP contribution in [0.4, 0.5) is 15.8 Å². The van der Waals surface area contributed by atoms with Crippen molar-refractivity contribution in [1.29, 1.82) is 0 Å². The van der Waals surface area contributed by atoms with Gasteiger partial charge in [-0.15, -0.1) is 0 Å². The Labute approximate surface area is 160 Å². The van der Waals surface area contributed by atoms with E-state index in [2.05, 4.69) is 10.6 Å². The largest absolute Gasteiger partial charge is 0.493 e. The molecule has 27 heavy (non-hydrogen) atoms. The molecule has 7 nitrogen and oxygen atoms in total. The van der Waals surface area contributed by atoms with E-state index in [1.54, 1.807) is 24.3 Å². The Bertz CT molecular complexity index is 860. The van der Waals surface area contributed by atoms with Gasteiger partial charge in [-0.25, -0.2) is 4.39 Å². The highest BCUT2D eigenvalue weighted by Crippen LogP contribution is 2.21. The molecule has 0 radical (unpaired) electrons. The lowest BCUT2D eigenvalue weighted by Crippen LogP contribution is -2.34. The van der Waals surface area contributed by atoms with Crippen LogP contribution in [0.5, 0.6) is 5.75 Å². The number of carbonyl (C=O) groups is 1. The van der Waals surface area contributed by atoms with E-state index in [1.165, 1.54) is 0 Å². The van der Waals surface area contributed by atoms with Crippen LogP contribution in [0.1, 0.15) is 30.1 Å². The van der Waals surface area contributed by atoms with Gasteiger partial charge in [-0.3, -0.25) is 20.2 Å². The maximum Gasteiger partial charge on any atom is 0.271 e. The molecule has 2 aromatic carbocycles. The summed E-state index contributed by atoms with van der Waals surface area (Å²) < 4.78 is 19.4. The first kappa shape index (κ1) is 20.2. The van der Waals surface area contributed by atoms with E-state index >= 15 is 0 Å². The van der Waals surface area contributed by atoms with Crippen molar-refractivity contribution >= 4 is 34.6 Å². The number of nitrogens with zero attached hydrogens (tertiary/aromatic N) is 1. The Kier molecular flexibility index (Phi) is 7.18. The number of non-ortho nitro benzene ring substituents is 1. The van der Waals surface area contributed by atoms with E-state index in [9.17, 15) is 19.3 Å². The molecule has 2 aromatic rings. The van der Waals surface area contributed by atoms with Crippen molar-refractivity contribution in [2.24, 2.45) is 0 Å². The first-order valence-corrected chi connectivity index (χ1v) is 8.61. The van der Waals surface area contributed by atoms with Gasteiger partial charge >= 0.3 is 0 Å². The third-order valence-electron chi connectivity index (χ3n) is 3.52. The second-order valence-corrected chi connectivity index (χ2v) is 5.94. The van der Waals surface area contributed by atoms with E-state index in [1.807, 2.05) is 6.92 Å². The average molecular weight is 391 g/mol. The van der Waals surface area contributed by atoms with E-state index in [0.717, 1.165) is 31.0 Å². The van der Waals surface area contributed by atoms with Crippen molar-refractivity contribution < 1.29 is 18.8 Å². The number of unbranched alkanes of at least 4 members (excludes halogenated alkanes) is 1. The molecule has 0 aliphatic heterocycles. The van der Waals surface area contributed by atoms with E-state index in [4.69, 9.17) is 17.0 Å². The number of ether oxygens (including phenoxy) is 1. The van der Waals surface area contributed by atoms with Gasteiger partial charge in [0.25, 0.3) is 11.6 Å². The van der Waals surface area contributed by atoms with Crippen molar-refractivity contribution in [3.8, 4) is 5.75 Å². The summed E-state index contributed by atoms with van der Waals surface area (Å²) in [5.74, 6) is -0.862. The minimum absolute atomic E-state index is 0.192. The molecule has 0 unspecified atom stereocenters. The molecular weight excluding hydrogens is 373 g/mol. The first-order valence-electron chi connectivity index (χ1n) is 8.20. The fourth-order valence-electron chi connectivity index (χ4n) is 2.15. The van der Waals surface area contributed by atoms with Crippen molar-refractivity contribution in [1.82, 2.24) is 5.32 Å². The zero-order chi connectivity index (χ0) is 19.8. The number of halogens is 1. The average Bonchev–Trinajstić information content (AvgIpc) is 2.63. The van der Waals surface area contributed by atoms with Crippen LogP contribution in [0.15, 0.2) is 42.5 Å². The molecule has 0 aliphatic carbocycles. The van der Waals surface area contributed by atoms with Gasteiger partial charge in [-0.05, 0) is 36.8 Å². The summed E-state index contributed by atoms with van der Waals surface area (Å²) in [6.07, 6.45) is 1.80. The molecule has 2 N–H and O–H groups in total. The molecular formula is C18H18FN3O4S. The first-order chi connectivity index (χ1) is 12.9. The number of amides is 1. The smallest absolute Gasteiger partial charge is 0.271 e. The van der Waals surface area contributed by atoms with Crippen LogP contribution in [-0.4, -0.2) is 22.5 Å². The molecule has 0 aliphatic rings. The number of hydrogen-bond donors (Lipinski definition) is 2. The van der Waals surface area contributed by atoms with Crippen LogP contribution in [0.2, 0.25) is 0 Å². The van der Waals surface area contributed by atoms with E-state index in [-0.39, 0.29) is 22.1 Å². The summed E-state index contributed by atoms with van der Waals surface area (Å²) in [4.78, 5) is 22.6. The van der Waals surface area contributed by atoms with Crippen molar-refractivity contribution in [3.05, 3.63) is 64.0 Å². The second-order valence-electron chi connectivity index (χ2n) is 5.53. The second kappa shape index (κ2) is 9.58. The Morgan fingerprint density at radius 3 is 2.74 bits per heavy atom. The maximum absolute atomic E-state index is 13.8. The predicted molar refractivity (Wildman–Crippen MR) is 104 cm³/mol. The number of anilines is 1. The van der Waals surface area contributed by atoms with Gasteiger partial charge in [-0.2, -0.15) is 0 Å². The van der Waals surface area contributed by atoms with Crippen LogP contribution < -0.4 is 15.4 Å². The van der Waals surface area contributed by atoms with Crippen LogP contribution in [0, 0.1) is 15.9 Å². The monoisotopic (exact) mass is 391 g/mol. The number of nitro benzene ring substituents is 1. The van der Waals surface area contributed by atoms with Crippen LogP contribution in [0.25, 0.3) is 0 Å². The normalized spacial score (nSPS) is 10.1. The minimum atomic E-state index is -0.736. The Morgan fingerprint density at radius 2 is 2.04 bits per heavy atom. The van der Waals surface area contributed by atoms with Gasteiger partial charge in [0.15, 0.2) is 5.11 Å². The Hall–Kier alpha value is -3.07. The van der Waals surface area contributed by atoms with Gasteiger partial charge in [0, 0.05) is 12.1 Å². The van der Waals surface area contributed by atoms with Crippen LogP contribution >= 0.6 is 12.2 Å². The summed E-state index contributed by atoms with van der Waals surface area (Å²) in [6.45, 7) is 2.50. The summed E-state index contributed by atoms with van der Waals surface area (Å²) in [5.41, 5.74) is -0.234. The Morgan fingerprint density at radius 1 is 1.30 bits per heavy atom. The molecule has 1 amide bonds. The van der Waals surface area contributed by atoms with Crippen molar-refractivity contribution in [3.63, 3.8) is 0 Å². The molecule has 142 valence electrons. The molecule has 0 saturated carbocycles. The van der Waals surface area contributed by atoms with Gasteiger partial charge in [-0.1, -0.05) is 25.5 Å². The van der Waals surface area contributed by atoms with Gasteiger partial charge < -0.3 is 10.1 Å². The molecule has 0 aromatic heterocycles. The molecule has 0 heterocycles. The lowest BCUT2D eigenvalue weighted by Gasteiger charge is -2.13. The maximum atomic E-state index is 13.8. The lowest BCUT2D eigenvalue weighted by molar-refractivity contribution is -0.384. The number of nitro groups is 1. The number of hydrogen-bond acceptors (Lipinski definition) is 5. The highest BCUT2D eigenvalue weighted by molar-refractivity contribution is 7.80.